The molecular weight excluding hydrogens is 136 g/mol. The molecule has 52 valence electrons. The van der Waals surface area contributed by atoms with Crippen LogP contribution in [0.5, 0.6) is 0 Å². The zero-order chi connectivity index (χ0) is 8.10. The van der Waals surface area contributed by atoms with Crippen molar-refractivity contribution in [3.63, 3.8) is 0 Å². The Morgan fingerprint density at radius 3 is 2.45 bits per heavy atom. The standard InChI is InChI=1S/C9H6N2/c1-11-9(7-10)8-5-3-2-4-6-8/h2-6,10H. The van der Waals surface area contributed by atoms with Crippen molar-refractivity contribution in [2.24, 2.45) is 0 Å². The van der Waals surface area contributed by atoms with Crippen LogP contribution in [-0.2, 0) is 0 Å². The second-order valence-electron chi connectivity index (χ2n) is 1.95. The molecule has 0 aromatic heterocycles. The van der Waals surface area contributed by atoms with Gasteiger partial charge in [-0.3, -0.25) is 5.41 Å². The Morgan fingerprint density at radius 1 is 1.36 bits per heavy atom. The van der Waals surface area contributed by atoms with E-state index in [-0.39, 0.29) is 5.70 Å². The number of nitrogens with zero attached hydrogens (tertiary/aromatic N) is 1. The summed E-state index contributed by atoms with van der Waals surface area (Å²) in [6.07, 6.45) is 0. The van der Waals surface area contributed by atoms with Crippen molar-refractivity contribution in [1.82, 2.24) is 0 Å². The van der Waals surface area contributed by atoms with Crippen molar-refractivity contribution >= 4 is 11.6 Å². The van der Waals surface area contributed by atoms with Gasteiger partial charge in [0, 0.05) is 0 Å². The first-order chi connectivity index (χ1) is 5.38. The van der Waals surface area contributed by atoms with Gasteiger partial charge in [-0.1, -0.05) is 30.3 Å². The van der Waals surface area contributed by atoms with E-state index in [2.05, 4.69) is 10.7 Å². The van der Waals surface area contributed by atoms with Crippen LogP contribution >= 0.6 is 0 Å². The molecule has 1 rings (SSSR count). The molecule has 0 saturated heterocycles. The van der Waals surface area contributed by atoms with E-state index < -0.39 is 0 Å². The second-order valence-corrected chi connectivity index (χ2v) is 1.95. The fourth-order valence-corrected chi connectivity index (χ4v) is 0.761. The van der Waals surface area contributed by atoms with Gasteiger partial charge in [-0.2, -0.15) is 0 Å². The average molecular weight is 142 g/mol. The van der Waals surface area contributed by atoms with Crippen LogP contribution in [0.2, 0.25) is 0 Å². The van der Waals surface area contributed by atoms with Gasteiger partial charge in [0.2, 0.25) is 0 Å². The summed E-state index contributed by atoms with van der Waals surface area (Å²) in [4.78, 5) is 3.14. The minimum atomic E-state index is 0.255. The van der Waals surface area contributed by atoms with E-state index in [0.29, 0.717) is 0 Å². The smallest absolute Gasteiger partial charge is 0.253 e. The summed E-state index contributed by atoms with van der Waals surface area (Å²) < 4.78 is 0. The highest BCUT2D eigenvalue weighted by Gasteiger charge is 1.96. The predicted octanol–water partition coefficient (Wildman–Crippen LogP) is 2.20. The molecule has 0 spiro atoms. The van der Waals surface area contributed by atoms with Crippen molar-refractivity contribution in [2.75, 3.05) is 0 Å². The zero-order valence-electron chi connectivity index (χ0n) is 5.83. The van der Waals surface area contributed by atoms with E-state index in [1.165, 1.54) is 0 Å². The highest BCUT2D eigenvalue weighted by Crippen LogP contribution is 2.10. The van der Waals surface area contributed by atoms with Gasteiger partial charge in [-0.05, 0) is 11.4 Å². The SMILES string of the molecule is [C-]#[N+]C(=C=N)c1ccccc1. The Kier molecular flexibility index (Phi) is 2.22. The maximum absolute atomic E-state index is 6.80. The molecule has 2 heteroatoms. The molecule has 0 aliphatic carbocycles. The molecule has 2 nitrogen and oxygen atoms in total. The number of rotatable bonds is 1. The third-order valence-electron chi connectivity index (χ3n) is 1.28. The van der Waals surface area contributed by atoms with Gasteiger partial charge in [0.05, 0.1) is 6.57 Å². The minimum absolute atomic E-state index is 0.255. The van der Waals surface area contributed by atoms with Crippen LogP contribution in [-0.4, -0.2) is 5.87 Å². The van der Waals surface area contributed by atoms with Crippen LogP contribution in [0.1, 0.15) is 5.56 Å². The van der Waals surface area contributed by atoms with Gasteiger partial charge >= 0.3 is 0 Å². The first-order valence-corrected chi connectivity index (χ1v) is 3.11. The molecule has 0 radical (unpaired) electrons. The summed E-state index contributed by atoms with van der Waals surface area (Å²) >= 11 is 0. The molecule has 0 aliphatic heterocycles. The maximum atomic E-state index is 6.80. The summed E-state index contributed by atoms with van der Waals surface area (Å²) in [5.41, 5.74) is 1.00. The number of benzene rings is 1. The average Bonchev–Trinajstić information content (AvgIpc) is 2.09. The summed E-state index contributed by atoms with van der Waals surface area (Å²) in [6, 6.07) is 9.11. The second kappa shape index (κ2) is 3.36. The van der Waals surface area contributed by atoms with E-state index in [9.17, 15) is 0 Å². The highest BCUT2D eigenvalue weighted by molar-refractivity contribution is 5.91. The molecule has 0 heterocycles. The number of nitrogens with one attached hydrogen (secondary N) is 1. The zero-order valence-corrected chi connectivity index (χ0v) is 5.83. The van der Waals surface area contributed by atoms with Gasteiger partial charge in [0.25, 0.3) is 5.70 Å². The van der Waals surface area contributed by atoms with Crippen molar-refractivity contribution in [2.45, 2.75) is 0 Å². The van der Waals surface area contributed by atoms with Crippen molar-refractivity contribution in [1.29, 1.82) is 5.41 Å². The number of hydrogen-bond donors (Lipinski definition) is 1. The summed E-state index contributed by atoms with van der Waals surface area (Å²) in [5, 5.41) is 6.80. The van der Waals surface area contributed by atoms with E-state index in [1.54, 1.807) is 12.1 Å². The van der Waals surface area contributed by atoms with Crippen molar-refractivity contribution in [3.8, 4) is 0 Å². The van der Waals surface area contributed by atoms with Crippen LogP contribution in [0, 0.1) is 12.0 Å². The van der Waals surface area contributed by atoms with Crippen LogP contribution < -0.4 is 0 Å². The molecule has 1 aromatic rings. The molecule has 1 N–H and O–H groups in total. The van der Waals surface area contributed by atoms with E-state index in [1.807, 2.05) is 18.2 Å². The van der Waals surface area contributed by atoms with Crippen molar-refractivity contribution < 1.29 is 0 Å². The van der Waals surface area contributed by atoms with Gasteiger partial charge in [0.15, 0.2) is 0 Å². The lowest BCUT2D eigenvalue weighted by molar-refractivity contribution is 1.58. The Labute approximate surface area is 65.1 Å². The number of hydrogen-bond acceptors (Lipinski definition) is 1. The predicted molar refractivity (Wildman–Crippen MR) is 44.2 cm³/mol. The molecule has 1 aromatic carbocycles. The monoisotopic (exact) mass is 142 g/mol. The van der Waals surface area contributed by atoms with Crippen LogP contribution in [0.15, 0.2) is 30.3 Å². The quantitative estimate of drug-likeness (QED) is 0.460. The topological polar surface area (TPSA) is 28.2 Å². The van der Waals surface area contributed by atoms with Gasteiger partial charge < -0.3 is 0 Å². The Balaban J connectivity index is 3.15. The summed E-state index contributed by atoms with van der Waals surface area (Å²) in [7, 11) is 0. The van der Waals surface area contributed by atoms with E-state index in [0.717, 1.165) is 5.56 Å². The largest absolute Gasteiger partial charge is 0.271 e. The van der Waals surface area contributed by atoms with Gasteiger partial charge in [0.1, 0.15) is 0 Å². The third kappa shape index (κ3) is 1.54. The first kappa shape index (κ1) is 7.27. The lowest BCUT2D eigenvalue weighted by Crippen LogP contribution is -1.76. The van der Waals surface area contributed by atoms with Gasteiger partial charge in [-0.15, -0.1) is 0 Å². The molecular formula is C9H6N2. The molecule has 0 amide bonds. The highest BCUT2D eigenvalue weighted by atomic mass is 14.7. The fourth-order valence-electron chi connectivity index (χ4n) is 0.761. The van der Waals surface area contributed by atoms with Crippen LogP contribution in [0.3, 0.4) is 0 Å². The fraction of sp³-hybridized carbons (Fsp3) is 0. The van der Waals surface area contributed by atoms with Crippen molar-refractivity contribution in [3.05, 3.63) is 47.3 Å². The van der Waals surface area contributed by atoms with Gasteiger partial charge in [-0.25, -0.2) is 4.85 Å². The molecule has 0 aliphatic rings. The molecule has 0 bridgehead atoms. The lowest BCUT2D eigenvalue weighted by atomic mass is 10.2. The van der Waals surface area contributed by atoms with E-state index >= 15 is 0 Å². The summed E-state index contributed by atoms with van der Waals surface area (Å²) in [6.45, 7) is 6.70. The molecule has 11 heavy (non-hydrogen) atoms. The van der Waals surface area contributed by atoms with E-state index in [4.69, 9.17) is 12.0 Å². The molecule has 0 fully saturated rings. The normalized spacial score (nSPS) is 7.91. The Morgan fingerprint density at radius 2 is 2.00 bits per heavy atom. The van der Waals surface area contributed by atoms with Crippen LogP contribution in [0.25, 0.3) is 10.5 Å². The maximum Gasteiger partial charge on any atom is 0.253 e. The molecule has 0 atom stereocenters. The first-order valence-electron chi connectivity index (χ1n) is 3.11. The molecule has 0 saturated carbocycles. The molecule has 0 unspecified atom stereocenters. The Bertz CT molecular complexity index is 326. The van der Waals surface area contributed by atoms with Crippen LogP contribution in [0.4, 0.5) is 0 Å². The minimum Gasteiger partial charge on any atom is -0.271 e. The summed E-state index contributed by atoms with van der Waals surface area (Å²) in [5.74, 6) is 2.08. The third-order valence-corrected chi connectivity index (χ3v) is 1.28. The Hall–Kier alpha value is -1.84. The lowest BCUT2D eigenvalue weighted by Gasteiger charge is -1.91.